The zero-order valence-electron chi connectivity index (χ0n) is 6.57. The Balaban J connectivity index is 2.36. The van der Waals surface area contributed by atoms with Gasteiger partial charge in [-0.25, -0.2) is 4.98 Å². The van der Waals surface area contributed by atoms with Crippen molar-refractivity contribution in [2.45, 2.75) is 26.0 Å². The van der Waals surface area contributed by atoms with E-state index in [0.29, 0.717) is 5.92 Å². The highest BCUT2D eigenvalue weighted by Crippen LogP contribution is 2.26. The summed E-state index contributed by atoms with van der Waals surface area (Å²) < 4.78 is 2.03. The molecule has 2 atom stereocenters. The Kier molecular flexibility index (Phi) is 1.46. The van der Waals surface area contributed by atoms with Crippen LogP contribution >= 0.6 is 0 Å². The molecule has 0 fully saturated rings. The van der Waals surface area contributed by atoms with Crippen LogP contribution in [-0.4, -0.2) is 14.7 Å². The average molecular weight is 152 g/mol. The van der Waals surface area contributed by atoms with E-state index in [0.717, 1.165) is 18.8 Å². The molecule has 3 heteroatoms. The fourth-order valence-corrected chi connectivity index (χ4v) is 1.67. The van der Waals surface area contributed by atoms with Crippen LogP contribution in [0.1, 0.15) is 25.3 Å². The Morgan fingerprint density at radius 1 is 1.73 bits per heavy atom. The molecule has 1 aromatic rings. The second kappa shape index (κ2) is 2.34. The molecule has 0 aliphatic carbocycles. The number of imidazole rings is 1. The van der Waals surface area contributed by atoms with Crippen molar-refractivity contribution in [1.82, 2.24) is 9.55 Å². The van der Waals surface area contributed by atoms with Gasteiger partial charge >= 0.3 is 0 Å². The average Bonchev–Trinajstić information content (AvgIpc) is 2.34. The molecule has 2 rings (SSSR count). The second-order valence-corrected chi connectivity index (χ2v) is 3.29. The third-order valence-electron chi connectivity index (χ3n) is 2.18. The minimum absolute atomic E-state index is 0.353. The molecule has 0 unspecified atom stereocenters. The first-order valence-electron chi connectivity index (χ1n) is 3.96. The maximum atomic E-state index is 9.54. The molecule has 0 bridgehead atoms. The van der Waals surface area contributed by atoms with Crippen LogP contribution in [0.25, 0.3) is 0 Å². The molecule has 0 spiro atoms. The van der Waals surface area contributed by atoms with Gasteiger partial charge in [-0.3, -0.25) is 0 Å². The van der Waals surface area contributed by atoms with Gasteiger partial charge in [0, 0.05) is 18.9 Å². The van der Waals surface area contributed by atoms with Crippen molar-refractivity contribution in [3.8, 4) is 0 Å². The summed E-state index contributed by atoms with van der Waals surface area (Å²) >= 11 is 0. The monoisotopic (exact) mass is 152 g/mol. The van der Waals surface area contributed by atoms with Gasteiger partial charge < -0.3 is 9.67 Å². The Hall–Kier alpha value is -0.830. The number of aliphatic hydroxyl groups excluding tert-OH is 1. The minimum Gasteiger partial charge on any atom is -0.385 e. The lowest BCUT2D eigenvalue weighted by Gasteiger charge is -2.24. The van der Waals surface area contributed by atoms with Crippen LogP contribution in [0.2, 0.25) is 0 Å². The van der Waals surface area contributed by atoms with Crippen LogP contribution in [0, 0.1) is 5.92 Å². The lowest BCUT2D eigenvalue weighted by Crippen LogP contribution is -2.21. The molecule has 0 amide bonds. The van der Waals surface area contributed by atoms with Gasteiger partial charge in [0.05, 0.1) is 0 Å². The Labute approximate surface area is 65.7 Å². The molecule has 1 aliphatic heterocycles. The highest BCUT2D eigenvalue weighted by atomic mass is 16.3. The van der Waals surface area contributed by atoms with E-state index in [2.05, 4.69) is 11.9 Å². The van der Waals surface area contributed by atoms with Crippen molar-refractivity contribution >= 4 is 0 Å². The van der Waals surface area contributed by atoms with Crippen LogP contribution in [0.15, 0.2) is 12.4 Å². The lowest BCUT2D eigenvalue weighted by atomic mass is 10.00. The number of aromatic nitrogens is 2. The minimum atomic E-state index is -0.353. The molecular formula is C8H12N2O. The Bertz CT molecular complexity index is 256. The number of hydrogen-bond donors (Lipinski definition) is 1. The number of aliphatic hydroxyl groups is 1. The van der Waals surface area contributed by atoms with Gasteiger partial charge in [0.15, 0.2) is 0 Å². The first-order valence-corrected chi connectivity index (χ1v) is 3.96. The van der Waals surface area contributed by atoms with Gasteiger partial charge in [0.25, 0.3) is 0 Å². The van der Waals surface area contributed by atoms with E-state index in [9.17, 15) is 5.11 Å². The molecule has 1 aromatic heterocycles. The van der Waals surface area contributed by atoms with Crippen molar-refractivity contribution in [2.75, 3.05) is 0 Å². The Morgan fingerprint density at radius 3 is 3.36 bits per heavy atom. The number of fused-ring (bicyclic) bond motifs is 1. The molecule has 3 nitrogen and oxygen atoms in total. The molecular weight excluding hydrogens is 140 g/mol. The summed E-state index contributed by atoms with van der Waals surface area (Å²) in [7, 11) is 0. The molecule has 1 N–H and O–H groups in total. The third-order valence-corrected chi connectivity index (χ3v) is 2.18. The zero-order chi connectivity index (χ0) is 7.84. The van der Waals surface area contributed by atoms with E-state index in [1.165, 1.54) is 0 Å². The summed E-state index contributed by atoms with van der Waals surface area (Å²) in [5.74, 6) is 1.38. The van der Waals surface area contributed by atoms with E-state index < -0.39 is 0 Å². The van der Waals surface area contributed by atoms with E-state index in [1.54, 1.807) is 6.20 Å². The van der Waals surface area contributed by atoms with Crippen LogP contribution in [-0.2, 0) is 6.54 Å². The molecule has 11 heavy (non-hydrogen) atoms. The fraction of sp³-hybridized carbons (Fsp3) is 0.625. The lowest BCUT2D eigenvalue weighted by molar-refractivity contribution is 0.109. The normalized spacial score (nSPS) is 30.0. The van der Waals surface area contributed by atoms with E-state index in [-0.39, 0.29) is 6.10 Å². The number of nitrogens with zero attached hydrogens (tertiary/aromatic N) is 2. The maximum Gasteiger partial charge on any atom is 0.137 e. The van der Waals surface area contributed by atoms with Crippen LogP contribution in [0.3, 0.4) is 0 Å². The van der Waals surface area contributed by atoms with Gasteiger partial charge in [-0.05, 0) is 12.3 Å². The molecule has 2 heterocycles. The van der Waals surface area contributed by atoms with Crippen molar-refractivity contribution in [3.63, 3.8) is 0 Å². The standard InChI is InChI=1S/C8H12N2O/c1-6-4-7(11)8-9-2-3-10(8)5-6/h2-3,6-7,11H,4-5H2,1H3/t6-,7-/m0/s1. The molecule has 0 aromatic carbocycles. The predicted molar refractivity (Wildman–Crippen MR) is 41.0 cm³/mol. The summed E-state index contributed by atoms with van der Waals surface area (Å²) in [5, 5.41) is 9.54. The SMILES string of the molecule is C[C@H]1C[C@H](O)c2nccn2C1. The maximum absolute atomic E-state index is 9.54. The van der Waals surface area contributed by atoms with Crippen LogP contribution < -0.4 is 0 Å². The summed E-state index contributed by atoms with van der Waals surface area (Å²) in [5.41, 5.74) is 0. The summed E-state index contributed by atoms with van der Waals surface area (Å²) in [6, 6.07) is 0. The molecule has 60 valence electrons. The van der Waals surface area contributed by atoms with Gasteiger partial charge in [0.1, 0.15) is 11.9 Å². The van der Waals surface area contributed by atoms with Gasteiger partial charge in [-0.1, -0.05) is 6.92 Å². The Morgan fingerprint density at radius 2 is 2.55 bits per heavy atom. The number of hydrogen-bond acceptors (Lipinski definition) is 2. The van der Waals surface area contributed by atoms with Crippen LogP contribution in [0.4, 0.5) is 0 Å². The van der Waals surface area contributed by atoms with E-state index in [1.807, 2.05) is 10.8 Å². The van der Waals surface area contributed by atoms with E-state index in [4.69, 9.17) is 0 Å². The van der Waals surface area contributed by atoms with Crippen molar-refractivity contribution in [2.24, 2.45) is 5.92 Å². The summed E-state index contributed by atoms with van der Waals surface area (Å²) in [4.78, 5) is 4.09. The third kappa shape index (κ3) is 1.05. The zero-order valence-corrected chi connectivity index (χ0v) is 6.57. The largest absolute Gasteiger partial charge is 0.385 e. The highest BCUT2D eigenvalue weighted by molar-refractivity contribution is 5.00. The predicted octanol–water partition coefficient (Wildman–Crippen LogP) is 0.956. The van der Waals surface area contributed by atoms with Gasteiger partial charge in [-0.15, -0.1) is 0 Å². The first kappa shape index (κ1) is 6.85. The quantitative estimate of drug-likeness (QED) is 0.601. The van der Waals surface area contributed by atoms with Crippen molar-refractivity contribution < 1.29 is 5.11 Å². The second-order valence-electron chi connectivity index (χ2n) is 3.29. The first-order chi connectivity index (χ1) is 5.27. The summed E-state index contributed by atoms with van der Waals surface area (Å²) in [6.07, 6.45) is 4.16. The molecule has 0 radical (unpaired) electrons. The summed E-state index contributed by atoms with van der Waals surface area (Å²) in [6.45, 7) is 3.14. The van der Waals surface area contributed by atoms with Gasteiger partial charge in [0.2, 0.25) is 0 Å². The molecule has 0 saturated carbocycles. The highest BCUT2D eigenvalue weighted by Gasteiger charge is 2.22. The van der Waals surface area contributed by atoms with Crippen molar-refractivity contribution in [1.29, 1.82) is 0 Å². The molecule has 1 aliphatic rings. The number of rotatable bonds is 0. The molecule has 0 saturated heterocycles. The fourth-order valence-electron chi connectivity index (χ4n) is 1.67. The van der Waals surface area contributed by atoms with Crippen molar-refractivity contribution in [3.05, 3.63) is 18.2 Å². The smallest absolute Gasteiger partial charge is 0.137 e. The van der Waals surface area contributed by atoms with E-state index >= 15 is 0 Å². The topological polar surface area (TPSA) is 38.1 Å². The van der Waals surface area contributed by atoms with Crippen LogP contribution in [0.5, 0.6) is 0 Å². The van der Waals surface area contributed by atoms with Gasteiger partial charge in [-0.2, -0.15) is 0 Å².